The molecule has 7 aromatic carbocycles. The highest BCUT2D eigenvalue weighted by molar-refractivity contribution is 7.85. The molecule has 0 radical (unpaired) electrons. The van der Waals surface area contributed by atoms with Crippen LogP contribution >= 0.6 is 7.14 Å². The molecule has 1 aromatic heterocycles. The van der Waals surface area contributed by atoms with Crippen LogP contribution in [0.25, 0.3) is 56.4 Å². The third kappa shape index (κ3) is 5.78. The first-order valence-corrected chi connectivity index (χ1v) is 19.7. The van der Waals surface area contributed by atoms with Crippen LogP contribution in [-0.2, 0) is 9.98 Å². The molecule has 0 unspecified atom stereocenters. The number of hydrogen-bond donors (Lipinski definition) is 0. The smallest absolute Gasteiger partial charge is 0.171 e. The van der Waals surface area contributed by atoms with Crippen molar-refractivity contribution in [3.8, 4) is 56.4 Å². The van der Waals surface area contributed by atoms with Gasteiger partial charge < -0.3 is 4.57 Å². The van der Waals surface area contributed by atoms with E-state index in [1.165, 1.54) is 34.4 Å². The van der Waals surface area contributed by atoms with Gasteiger partial charge in [-0.25, -0.2) is 19.3 Å². The zero-order valence-corrected chi connectivity index (χ0v) is 30.7. The van der Waals surface area contributed by atoms with Crippen LogP contribution in [0.4, 0.5) is 4.39 Å². The summed E-state index contributed by atoms with van der Waals surface area (Å²) in [4.78, 5) is 14.6. The van der Waals surface area contributed by atoms with Gasteiger partial charge in [-0.2, -0.15) is 0 Å². The maximum Gasteiger partial charge on any atom is 0.171 e. The molecule has 0 bridgehead atoms. The van der Waals surface area contributed by atoms with Crippen molar-refractivity contribution in [2.75, 3.05) is 0 Å². The predicted molar refractivity (Wildman–Crippen MR) is 218 cm³/mol. The van der Waals surface area contributed by atoms with Crippen LogP contribution in [-0.4, -0.2) is 15.0 Å². The van der Waals surface area contributed by atoms with Crippen molar-refractivity contribution >= 4 is 23.1 Å². The standard InChI is InChI=1S/C48H35FN3OP/c1-48(2)43-30-35(32-20-26-40(27-21-32)54(53,38-14-8-4-9-15-38)39-16-10-5-11-17-39)22-28-41(43)42-29-23-36(31-44(42)48)47-51-45(33-12-6-3-7-13-33)50-46(52-47)34-18-24-37(49)25-19-34/h3-31H,1-2H3. The minimum absolute atomic E-state index is 0.304. The van der Waals surface area contributed by atoms with E-state index in [-0.39, 0.29) is 11.2 Å². The normalized spacial score (nSPS) is 12.9. The minimum Gasteiger partial charge on any atom is -0.309 e. The van der Waals surface area contributed by atoms with Crippen LogP contribution in [0, 0.1) is 5.82 Å². The molecular weight excluding hydrogens is 685 g/mol. The Morgan fingerprint density at radius 3 is 1.35 bits per heavy atom. The number of hydrogen-bond acceptors (Lipinski definition) is 4. The molecule has 0 saturated heterocycles. The molecule has 1 aliphatic rings. The Bertz CT molecular complexity index is 2650. The summed E-state index contributed by atoms with van der Waals surface area (Å²) in [6.07, 6.45) is 0. The Morgan fingerprint density at radius 2 is 0.815 bits per heavy atom. The Balaban J connectivity index is 1.08. The number of rotatable bonds is 7. The number of benzene rings is 7. The van der Waals surface area contributed by atoms with E-state index in [9.17, 15) is 8.96 Å². The summed E-state index contributed by atoms with van der Waals surface area (Å²) in [5.41, 5.74) is 9.16. The fourth-order valence-electron chi connectivity index (χ4n) is 7.59. The summed E-state index contributed by atoms with van der Waals surface area (Å²) in [5, 5.41) is 2.45. The van der Waals surface area contributed by atoms with Gasteiger partial charge in [0, 0.05) is 38.0 Å². The third-order valence-corrected chi connectivity index (χ3v) is 13.6. The van der Waals surface area contributed by atoms with E-state index in [1.54, 1.807) is 12.1 Å². The largest absolute Gasteiger partial charge is 0.309 e. The van der Waals surface area contributed by atoms with Gasteiger partial charge in [0.1, 0.15) is 5.82 Å². The van der Waals surface area contributed by atoms with Crippen LogP contribution in [0.1, 0.15) is 25.0 Å². The average molecular weight is 720 g/mol. The van der Waals surface area contributed by atoms with E-state index in [2.05, 4.69) is 62.4 Å². The van der Waals surface area contributed by atoms with Gasteiger partial charge in [0.05, 0.1) is 0 Å². The second-order valence-corrected chi connectivity index (χ2v) is 16.9. The zero-order chi connectivity index (χ0) is 36.9. The van der Waals surface area contributed by atoms with Gasteiger partial charge in [-0.05, 0) is 69.8 Å². The van der Waals surface area contributed by atoms with E-state index in [1.807, 2.05) is 103 Å². The fraction of sp³-hybridized carbons (Fsp3) is 0.0625. The Kier molecular flexibility index (Phi) is 8.25. The maximum atomic E-state index is 14.9. The Labute approximate surface area is 314 Å². The Hall–Kier alpha value is -6.29. The van der Waals surface area contributed by atoms with Crippen molar-refractivity contribution in [2.45, 2.75) is 19.3 Å². The van der Waals surface area contributed by atoms with Crippen LogP contribution in [0.15, 0.2) is 176 Å². The molecule has 0 atom stereocenters. The second kappa shape index (κ2) is 13.3. The SMILES string of the molecule is CC1(C)c2cc(-c3ccc(P(=O)(c4ccccc4)c4ccccc4)cc3)ccc2-c2ccc(-c3nc(-c4ccccc4)nc(-c4ccc(F)cc4)n3)cc21. The Morgan fingerprint density at radius 1 is 0.426 bits per heavy atom. The van der Waals surface area contributed by atoms with E-state index >= 15 is 0 Å². The van der Waals surface area contributed by atoms with Crippen molar-refractivity contribution in [3.05, 3.63) is 193 Å². The first-order valence-electron chi connectivity index (χ1n) is 18.0. The van der Waals surface area contributed by atoms with Gasteiger partial charge in [-0.15, -0.1) is 0 Å². The van der Waals surface area contributed by atoms with Crippen molar-refractivity contribution in [1.29, 1.82) is 0 Å². The molecule has 6 heteroatoms. The molecule has 260 valence electrons. The van der Waals surface area contributed by atoms with Gasteiger partial charge in [-0.3, -0.25) is 0 Å². The van der Waals surface area contributed by atoms with Gasteiger partial charge >= 0.3 is 0 Å². The molecule has 0 amide bonds. The molecule has 9 rings (SSSR count). The molecule has 0 fully saturated rings. The molecule has 0 saturated carbocycles. The molecule has 0 spiro atoms. The summed E-state index contributed by atoms with van der Waals surface area (Å²) in [7, 11) is -3.06. The topological polar surface area (TPSA) is 55.7 Å². The van der Waals surface area contributed by atoms with Gasteiger partial charge in [0.15, 0.2) is 24.6 Å². The lowest BCUT2D eigenvalue weighted by atomic mass is 9.81. The molecular formula is C48H35FN3OP. The van der Waals surface area contributed by atoms with E-state index in [0.29, 0.717) is 17.5 Å². The zero-order valence-electron chi connectivity index (χ0n) is 29.8. The van der Waals surface area contributed by atoms with E-state index in [4.69, 9.17) is 15.0 Å². The summed E-state index contributed by atoms with van der Waals surface area (Å²) < 4.78 is 28.8. The van der Waals surface area contributed by atoms with Gasteiger partial charge in [0.25, 0.3) is 0 Å². The maximum absolute atomic E-state index is 14.9. The lowest BCUT2D eigenvalue weighted by molar-refractivity contribution is 0.592. The van der Waals surface area contributed by atoms with Gasteiger partial charge in [0.2, 0.25) is 0 Å². The molecule has 4 nitrogen and oxygen atoms in total. The highest BCUT2D eigenvalue weighted by atomic mass is 31.2. The lowest BCUT2D eigenvalue weighted by Crippen LogP contribution is -2.24. The van der Waals surface area contributed by atoms with Crippen LogP contribution < -0.4 is 15.9 Å². The molecule has 54 heavy (non-hydrogen) atoms. The first-order chi connectivity index (χ1) is 26.3. The second-order valence-electron chi connectivity index (χ2n) is 14.2. The molecule has 0 aliphatic heterocycles. The number of fused-ring (bicyclic) bond motifs is 3. The highest BCUT2D eigenvalue weighted by Gasteiger charge is 2.36. The monoisotopic (exact) mass is 719 g/mol. The summed E-state index contributed by atoms with van der Waals surface area (Å²) in [5.74, 6) is 1.29. The number of halogens is 1. The summed E-state index contributed by atoms with van der Waals surface area (Å²) >= 11 is 0. The van der Waals surface area contributed by atoms with Crippen molar-refractivity contribution in [2.24, 2.45) is 0 Å². The average Bonchev–Trinajstić information content (AvgIpc) is 3.46. The van der Waals surface area contributed by atoms with Crippen molar-refractivity contribution < 1.29 is 8.96 Å². The quantitative estimate of drug-likeness (QED) is 0.154. The van der Waals surface area contributed by atoms with Crippen molar-refractivity contribution in [1.82, 2.24) is 15.0 Å². The molecule has 1 aliphatic carbocycles. The number of aromatic nitrogens is 3. The summed E-state index contributed by atoms with van der Waals surface area (Å²) in [6, 6.07) is 57.0. The first kappa shape index (κ1) is 33.5. The van der Waals surface area contributed by atoms with Crippen LogP contribution in [0.3, 0.4) is 0 Å². The molecule has 0 N–H and O–H groups in total. The van der Waals surface area contributed by atoms with Crippen LogP contribution in [0.5, 0.6) is 0 Å². The third-order valence-electron chi connectivity index (χ3n) is 10.5. The minimum atomic E-state index is -3.06. The predicted octanol–water partition coefficient (Wildman–Crippen LogP) is 10.6. The van der Waals surface area contributed by atoms with E-state index < -0.39 is 7.14 Å². The highest BCUT2D eigenvalue weighted by Crippen LogP contribution is 2.51. The van der Waals surface area contributed by atoms with Crippen LogP contribution in [0.2, 0.25) is 0 Å². The lowest BCUT2D eigenvalue weighted by Gasteiger charge is -2.23. The fourth-order valence-corrected chi connectivity index (χ4v) is 10.2. The summed E-state index contributed by atoms with van der Waals surface area (Å²) in [6.45, 7) is 4.52. The number of nitrogens with zero attached hydrogens (tertiary/aromatic N) is 3. The van der Waals surface area contributed by atoms with E-state index in [0.717, 1.165) is 43.7 Å². The molecule has 8 aromatic rings. The van der Waals surface area contributed by atoms with Gasteiger partial charge in [-0.1, -0.05) is 153 Å². The van der Waals surface area contributed by atoms with Crippen molar-refractivity contribution in [3.63, 3.8) is 0 Å². The molecule has 1 heterocycles.